The molecule has 0 bridgehead atoms. The maximum absolute atomic E-state index is 3.53. The third-order valence-corrected chi connectivity index (χ3v) is 4.81. The molecule has 3 nitrogen and oxygen atoms in total. The second kappa shape index (κ2) is 9.81. The largest absolute Gasteiger partial charge is 0.316 e. The van der Waals surface area contributed by atoms with Gasteiger partial charge in [0, 0.05) is 32.7 Å². The van der Waals surface area contributed by atoms with Gasteiger partial charge in [-0.25, -0.2) is 0 Å². The van der Waals surface area contributed by atoms with Crippen LogP contribution in [-0.4, -0.2) is 62.2 Å². The Morgan fingerprint density at radius 2 is 1.57 bits per heavy atom. The van der Waals surface area contributed by atoms with Crippen molar-refractivity contribution >= 4 is 0 Å². The van der Waals surface area contributed by atoms with Gasteiger partial charge < -0.3 is 15.1 Å². The molecule has 1 saturated carbocycles. The van der Waals surface area contributed by atoms with Crippen LogP contribution in [0.3, 0.4) is 0 Å². The van der Waals surface area contributed by atoms with E-state index in [1.54, 1.807) is 0 Å². The first kappa shape index (κ1) is 17.2. The van der Waals surface area contributed by atoms with Gasteiger partial charge in [-0.1, -0.05) is 26.7 Å². The van der Waals surface area contributed by atoms with E-state index >= 15 is 0 Å². The van der Waals surface area contributed by atoms with Crippen molar-refractivity contribution in [2.45, 2.75) is 52.4 Å². The Balaban J connectivity index is 1.36. The van der Waals surface area contributed by atoms with E-state index in [0.29, 0.717) is 0 Å². The van der Waals surface area contributed by atoms with E-state index < -0.39 is 0 Å². The molecule has 0 unspecified atom stereocenters. The average Bonchev–Trinajstić information content (AvgIpc) is 3.27. The summed E-state index contributed by atoms with van der Waals surface area (Å²) in [5.41, 5.74) is 0. The van der Waals surface area contributed by atoms with E-state index in [1.165, 1.54) is 90.9 Å². The van der Waals surface area contributed by atoms with Crippen molar-refractivity contribution in [1.82, 2.24) is 15.1 Å². The van der Waals surface area contributed by atoms with Gasteiger partial charge in [-0.15, -0.1) is 0 Å². The molecule has 0 amide bonds. The zero-order valence-corrected chi connectivity index (χ0v) is 14.4. The van der Waals surface area contributed by atoms with Crippen molar-refractivity contribution in [3.8, 4) is 0 Å². The van der Waals surface area contributed by atoms with Crippen LogP contribution in [0.4, 0.5) is 0 Å². The van der Waals surface area contributed by atoms with Crippen LogP contribution >= 0.6 is 0 Å². The number of piperazine rings is 1. The minimum atomic E-state index is 0.781. The first-order valence-electron chi connectivity index (χ1n) is 9.39. The molecule has 2 fully saturated rings. The molecule has 0 radical (unpaired) electrons. The molecule has 0 aromatic carbocycles. The zero-order valence-electron chi connectivity index (χ0n) is 14.4. The number of unbranched alkanes of at least 4 members (excludes halogenated alkanes) is 3. The highest BCUT2D eigenvalue weighted by atomic mass is 15.3. The van der Waals surface area contributed by atoms with Crippen molar-refractivity contribution in [3.63, 3.8) is 0 Å². The van der Waals surface area contributed by atoms with Gasteiger partial charge in [-0.2, -0.15) is 0 Å². The van der Waals surface area contributed by atoms with Gasteiger partial charge in [-0.3, -0.25) is 0 Å². The highest BCUT2D eigenvalue weighted by Crippen LogP contribution is 2.29. The minimum absolute atomic E-state index is 0.781. The first-order chi connectivity index (χ1) is 10.2. The third-order valence-electron chi connectivity index (χ3n) is 4.81. The summed E-state index contributed by atoms with van der Waals surface area (Å²) in [6, 6.07) is 0. The van der Waals surface area contributed by atoms with E-state index in [4.69, 9.17) is 0 Å². The monoisotopic (exact) mass is 295 g/mol. The Hall–Kier alpha value is -0.120. The quantitative estimate of drug-likeness (QED) is 0.591. The highest BCUT2D eigenvalue weighted by Gasteiger charge is 2.26. The van der Waals surface area contributed by atoms with E-state index in [0.717, 1.165) is 11.8 Å². The maximum atomic E-state index is 3.53. The van der Waals surface area contributed by atoms with Crippen molar-refractivity contribution < 1.29 is 0 Å². The van der Waals surface area contributed by atoms with Crippen LogP contribution in [0.5, 0.6) is 0 Å². The molecule has 1 aliphatic heterocycles. The molecule has 124 valence electrons. The van der Waals surface area contributed by atoms with E-state index in [-0.39, 0.29) is 0 Å². The smallest absolute Gasteiger partial charge is 0.0110 e. The number of hydrogen-bond acceptors (Lipinski definition) is 3. The number of hydrogen-bond donors (Lipinski definition) is 1. The zero-order chi connectivity index (χ0) is 14.9. The summed E-state index contributed by atoms with van der Waals surface area (Å²) in [4.78, 5) is 5.37. The second-order valence-electron chi connectivity index (χ2n) is 7.60. The van der Waals surface area contributed by atoms with Gasteiger partial charge in [0.2, 0.25) is 0 Å². The molecule has 1 heterocycles. The van der Waals surface area contributed by atoms with Crippen molar-refractivity contribution in [3.05, 3.63) is 0 Å². The van der Waals surface area contributed by atoms with Crippen LogP contribution in [0, 0.1) is 11.8 Å². The number of nitrogens with one attached hydrogen (secondary N) is 1. The molecule has 1 N–H and O–H groups in total. The Morgan fingerprint density at radius 3 is 2.24 bits per heavy atom. The molecular formula is C18H37N3. The van der Waals surface area contributed by atoms with Crippen molar-refractivity contribution in [2.24, 2.45) is 11.8 Å². The summed E-state index contributed by atoms with van der Waals surface area (Å²) in [7, 11) is 0. The van der Waals surface area contributed by atoms with Gasteiger partial charge in [0.25, 0.3) is 0 Å². The van der Waals surface area contributed by atoms with Crippen molar-refractivity contribution in [1.29, 1.82) is 0 Å². The second-order valence-corrected chi connectivity index (χ2v) is 7.60. The van der Waals surface area contributed by atoms with Crippen LogP contribution in [0.1, 0.15) is 52.4 Å². The summed E-state index contributed by atoms with van der Waals surface area (Å²) in [6.07, 6.45) is 8.53. The predicted molar refractivity (Wildman–Crippen MR) is 91.8 cm³/mol. The third kappa shape index (κ3) is 8.18. The van der Waals surface area contributed by atoms with Crippen LogP contribution < -0.4 is 5.32 Å². The Kier molecular flexibility index (Phi) is 8.05. The summed E-state index contributed by atoms with van der Waals surface area (Å²) >= 11 is 0. The summed E-state index contributed by atoms with van der Waals surface area (Å²) in [6.45, 7) is 14.9. The van der Waals surface area contributed by atoms with Crippen LogP contribution in [0.15, 0.2) is 0 Å². The average molecular weight is 296 g/mol. The SMILES string of the molecule is CC(C)CNCCCCCCN1CCN(CC2CC2)CC1. The lowest BCUT2D eigenvalue weighted by Gasteiger charge is -2.34. The van der Waals surface area contributed by atoms with Gasteiger partial charge >= 0.3 is 0 Å². The molecule has 1 saturated heterocycles. The highest BCUT2D eigenvalue weighted by molar-refractivity contribution is 4.80. The fourth-order valence-electron chi connectivity index (χ4n) is 3.19. The van der Waals surface area contributed by atoms with Gasteiger partial charge in [-0.05, 0) is 57.2 Å². The lowest BCUT2D eigenvalue weighted by molar-refractivity contribution is 0.127. The normalized spacial score (nSPS) is 21.3. The molecule has 0 spiro atoms. The van der Waals surface area contributed by atoms with E-state index in [1.807, 2.05) is 0 Å². The van der Waals surface area contributed by atoms with Gasteiger partial charge in [0.1, 0.15) is 0 Å². The molecule has 2 aliphatic rings. The minimum Gasteiger partial charge on any atom is -0.316 e. The fourth-order valence-corrected chi connectivity index (χ4v) is 3.19. The van der Waals surface area contributed by atoms with Crippen LogP contribution in [0.2, 0.25) is 0 Å². The molecule has 2 rings (SSSR count). The van der Waals surface area contributed by atoms with Crippen LogP contribution in [0.25, 0.3) is 0 Å². The molecule has 0 atom stereocenters. The van der Waals surface area contributed by atoms with Gasteiger partial charge in [0.15, 0.2) is 0 Å². The lowest BCUT2D eigenvalue weighted by Crippen LogP contribution is -2.47. The summed E-state index contributed by atoms with van der Waals surface area (Å²) < 4.78 is 0. The Labute approximate surface area is 132 Å². The number of nitrogens with zero attached hydrogens (tertiary/aromatic N) is 2. The number of rotatable bonds is 11. The predicted octanol–water partition coefficient (Wildman–Crippen LogP) is 2.82. The topological polar surface area (TPSA) is 18.5 Å². The standard InChI is InChI=1S/C18H37N3/c1-17(2)15-19-9-5-3-4-6-10-20-11-13-21(14-12-20)16-18-7-8-18/h17-19H,3-16H2,1-2H3. The maximum Gasteiger partial charge on any atom is 0.0110 e. The fraction of sp³-hybridized carbons (Fsp3) is 1.00. The van der Waals surface area contributed by atoms with Crippen molar-refractivity contribution in [2.75, 3.05) is 52.4 Å². The molecule has 0 aromatic heterocycles. The molecular weight excluding hydrogens is 258 g/mol. The van der Waals surface area contributed by atoms with Gasteiger partial charge in [0.05, 0.1) is 0 Å². The summed E-state index contributed by atoms with van der Waals surface area (Å²) in [5, 5.41) is 3.53. The molecule has 0 aromatic rings. The van der Waals surface area contributed by atoms with Crippen LogP contribution in [-0.2, 0) is 0 Å². The van der Waals surface area contributed by atoms with E-state index in [2.05, 4.69) is 29.0 Å². The Bertz CT molecular complexity index is 255. The summed E-state index contributed by atoms with van der Waals surface area (Å²) in [5.74, 6) is 1.84. The lowest BCUT2D eigenvalue weighted by atomic mass is 10.1. The molecule has 1 aliphatic carbocycles. The first-order valence-corrected chi connectivity index (χ1v) is 9.39. The Morgan fingerprint density at radius 1 is 0.905 bits per heavy atom. The molecule has 21 heavy (non-hydrogen) atoms. The molecule has 3 heteroatoms. The van der Waals surface area contributed by atoms with E-state index in [9.17, 15) is 0 Å².